The van der Waals surface area contributed by atoms with Crippen molar-refractivity contribution in [3.8, 4) is 0 Å². The van der Waals surface area contributed by atoms with Crippen LogP contribution in [0, 0.1) is 6.92 Å². The highest BCUT2D eigenvalue weighted by Crippen LogP contribution is 2.16. The van der Waals surface area contributed by atoms with E-state index in [4.69, 9.17) is 4.74 Å². The lowest BCUT2D eigenvalue weighted by Gasteiger charge is -2.30. The van der Waals surface area contributed by atoms with E-state index in [2.05, 4.69) is 55.3 Å². The molecule has 108 valence electrons. The van der Waals surface area contributed by atoms with Gasteiger partial charge in [-0.3, -0.25) is 4.90 Å². The number of hydrogen-bond acceptors (Lipinski definition) is 3. The molecular weight excluding hydrogens is 236 g/mol. The number of benzene rings is 1. The summed E-state index contributed by atoms with van der Waals surface area (Å²) in [5, 5.41) is 3.42. The number of methoxy groups -OCH3 is 1. The van der Waals surface area contributed by atoms with E-state index in [1.165, 1.54) is 11.1 Å². The fraction of sp³-hybridized carbons (Fsp3) is 0.625. The molecule has 0 saturated heterocycles. The van der Waals surface area contributed by atoms with Crippen molar-refractivity contribution < 1.29 is 4.74 Å². The van der Waals surface area contributed by atoms with Gasteiger partial charge < -0.3 is 10.1 Å². The molecule has 1 unspecified atom stereocenters. The zero-order chi connectivity index (χ0) is 14.3. The Labute approximate surface area is 118 Å². The second-order valence-corrected chi connectivity index (χ2v) is 5.33. The first-order valence-corrected chi connectivity index (χ1v) is 7.05. The molecule has 1 aromatic carbocycles. The van der Waals surface area contributed by atoms with Crippen LogP contribution in [0.4, 0.5) is 0 Å². The molecule has 3 heteroatoms. The third-order valence-corrected chi connectivity index (χ3v) is 3.56. The van der Waals surface area contributed by atoms with Crippen LogP contribution >= 0.6 is 0 Å². The topological polar surface area (TPSA) is 24.5 Å². The molecule has 0 aliphatic heterocycles. The summed E-state index contributed by atoms with van der Waals surface area (Å²) in [5.74, 6) is 0. The van der Waals surface area contributed by atoms with Gasteiger partial charge in [-0.1, -0.05) is 29.8 Å². The molecule has 0 amide bonds. The predicted octanol–water partition coefficient (Wildman–Crippen LogP) is 2.61. The normalized spacial score (nSPS) is 13.2. The summed E-state index contributed by atoms with van der Waals surface area (Å²) in [7, 11) is 3.79. The standard InChI is InChI=1S/C16H28N2O/c1-13(2)18(10-11-19-5)12-16(17-4)15-8-6-14(3)7-9-15/h6-9,13,16-17H,10-12H2,1-5H3. The molecule has 0 aliphatic rings. The van der Waals surface area contributed by atoms with E-state index in [0.29, 0.717) is 12.1 Å². The summed E-state index contributed by atoms with van der Waals surface area (Å²) in [6.45, 7) is 9.34. The van der Waals surface area contributed by atoms with E-state index < -0.39 is 0 Å². The van der Waals surface area contributed by atoms with Crippen LogP contribution < -0.4 is 5.32 Å². The van der Waals surface area contributed by atoms with Gasteiger partial charge in [-0.25, -0.2) is 0 Å². The monoisotopic (exact) mass is 264 g/mol. The van der Waals surface area contributed by atoms with Crippen LogP contribution in [0.25, 0.3) is 0 Å². The van der Waals surface area contributed by atoms with Gasteiger partial charge >= 0.3 is 0 Å². The Morgan fingerprint density at radius 3 is 2.32 bits per heavy atom. The summed E-state index contributed by atoms with van der Waals surface area (Å²) in [6.07, 6.45) is 0. The number of hydrogen-bond donors (Lipinski definition) is 1. The van der Waals surface area contributed by atoms with Gasteiger partial charge in [0.05, 0.1) is 6.61 Å². The second kappa shape index (κ2) is 8.31. The van der Waals surface area contributed by atoms with E-state index in [0.717, 1.165) is 19.7 Å². The number of ether oxygens (including phenoxy) is 1. The zero-order valence-electron chi connectivity index (χ0n) is 12.9. The minimum Gasteiger partial charge on any atom is -0.383 e. The maximum atomic E-state index is 5.20. The van der Waals surface area contributed by atoms with Crippen molar-refractivity contribution in [2.45, 2.75) is 32.9 Å². The molecule has 0 saturated carbocycles. The highest BCUT2D eigenvalue weighted by Gasteiger charge is 2.16. The molecule has 3 nitrogen and oxygen atoms in total. The molecule has 0 radical (unpaired) electrons. The van der Waals surface area contributed by atoms with Crippen LogP contribution in [-0.2, 0) is 4.74 Å². The minimum atomic E-state index is 0.361. The first kappa shape index (κ1) is 16.2. The first-order valence-electron chi connectivity index (χ1n) is 7.05. The summed E-state index contributed by atoms with van der Waals surface area (Å²) < 4.78 is 5.20. The quantitative estimate of drug-likeness (QED) is 0.781. The fourth-order valence-electron chi connectivity index (χ4n) is 2.17. The molecular formula is C16H28N2O. The summed E-state index contributed by atoms with van der Waals surface area (Å²) in [6, 6.07) is 9.66. The molecule has 0 spiro atoms. The van der Waals surface area contributed by atoms with Gasteiger partial charge in [0.2, 0.25) is 0 Å². The van der Waals surface area contributed by atoms with Crippen molar-refractivity contribution in [2.24, 2.45) is 0 Å². The Kier molecular flexibility index (Phi) is 7.06. The number of likely N-dealkylation sites (N-methyl/N-ethyl adjacent to an activating group) is 1. The maximum Gasteiger partial charge on any atom is 0.0589 e. The molecule has 1 aromatic rings. The fourth-order valence-corrected chi connectivity index (χ4v) is 2.17. The Morgan fingerprint density at radius 2 is 1.84 bits per heavy atom. The van der Waals surface area contributed by atoms with Crippen molar-refractivity contribution in [3.63, 3.8) is 0 Å². The molecule has 1 rings (SSSR count). The third-order valence-electron chi connectivity index (χ3n) is 3.56. The molecule has 1 N–H and O–H groups in total. The lowest BCUT2D eigenvalue weighted by atomic mass is 10.0. The summed E-state index contributed by atoms with van der Waals surface area (Å²) >= 11 is 0. The number of aryl methyl sites for hydroxylation is 1. The van der Waals surface area contributed by atoms with E-state index in [9.17, 15) is 0 Å². The number of rotatable bonds is 8. The molecule has 0 fully saturated rings. The van der Waals surface area contributed by atoms with Crippen LogP contribution in [0.5, 0.6) is 0 Å². The SMILES string of the molecule is CNC(CN(CCOC)C(C)C)c1ccc(C)cc1. The summed E-state index contributed by atoms with van der Waals surface area (Å²) in [4.78, 5) is 2.45. The minimum absolute atomic E-state index is 0.361. The van der Waals surface area contributed by atoms with Crippen molar-refractivity contribution >= 4 is 0 Å². The Bertz CT molecular complexity index is 348. The number of nitrogens with zero attached hydrogens (tertiary/aromatic N) is 1. The highest BCUT2D eigenvalue weighted by atomic mass is 16.5. The van der Waals surface area contributed by atoms with Gasteiger partial charge in [-0.2, -0.15) is 0 Å². The molecule has 19 heavy (non-hydrogen) atoms. The largest absolute Gasteiger partial charge is 0.383 e. The molecule has 0 aliphatic carbocycles. The van der Waals surface area contributed by atoms with Gasteiger partial charge in [-0.05, 0) is 33.4 Å². The van der Waals surface area contributed by atoms with Crippen LogP contribution in [0.2, 0.25) is 0 Å². The zero-order valence-corrected chi connectivity index (χ0v) is 12.9. The van der Waals surface area contributed by atoms with Crippen LogP contribution in [-0.4, -0.2) is 44.8 Å². The lowest BCUT2D eigenvalue weighted by molar-refractivity contribution is 0.122. The van der Waals surface area contributed by atoms with Crippen LogP contribution in [0.3, 0.4) is 0 Å². The number of nitrogens with one attached hydrogen (secondary N) is 1. The van der Waals surface area contributed by atoms with Crippen LogP contribution in [0.15, 0.2) is 24.3 Å². The van der Waals surface area contributed by atoms with E-state index in [-0.39, 0.29) is 0 Å². The highest BCUT2D eigenvalue weighted by molar-refractivity contribution is 5.24. The van der Waals surface area contributed by atoms with Crippen molar-refractivity contribution in [1.29, 1.82) is 0 Å². The third kappa shape index (κ3) is 5.31. The predicted molar refractivity (Wildman–Crippen MR) is 81.6 cm³/mol. The van der Waals surface area contributed by atoms with Crippen molar-refractivity contribution in [1.82, 2.24) is 10.2 Å². The Morgan fingerprint density at radius 1 is 1.21 bits per heavy atom. The second-order valence-electron chi connectivity index (χ2n) is 5.33. The first-order chi connectivity index (χ1) is 9.08. The average molecular weight is 264 g/mol. The van der Waals surface area contributed by atoms with Crippen molar-refractivity contribution in [2.75, 3.05) is 33.9 Å². The van der Waals surface area contributed by atoms with Gasteiger partial charge in [-0.15, -0.1) is 0 Å². The average Bonchev–Trinajstić information content (AvgIpc) is 2.40. The van der Waals surface area contributed by atoms with Crippen LogP contribution in [0.1, 0.15) is 31.0 Å². The van der Waals surface area contributed by atoms with Crippen molar-refractivity contribution in [3.05, 3.63) is 35.4 Å². The van der Waals surface area contributed by atoms with E-state index >= 15 is 0 Å². The van der Waals surface area contributed by atoms with Gasteiger partial charge in [0.25, 0.3) is 0 Å². The maximum absolute atomic E-state index is 5.20. The smallest absolute Gasteiger partial charge is 0.0589 e. The van der Waals surface area contributed by atoms with Gasteiger partial charge in [0.1, 0.15) is 0 Å². The Balaban J connectivity index is 2.70. The van der Waals surface area contributed by atoms with Gasteiger partial charge in [0, 0.05) is 32.3 Å². The Hall–Kier alpha value is -0.900. The molecule has 0 heterocycles. The lowest BCUT2D eigenvalue weighted by Crippen LogP contribution is -2.40. The van der Waals surface area contributed by atoms with E-state index in [1.54, 1.807) is 7.11 Å². The molecule has 1 atom stereocenters. The molecule has 0 aromatic heterocycles. The van der Waals surface area contributed by atoms with E-state index in [1.807, 2.05) is 7.05 Å². The molecule has 0 bridgehead atoms. The summed E-state index contributed by atoms with van der Waals surface area (Å²) in [5.41, 5.74) is 2.65. The van der Waals surface area contributed by atoms with Gasteiger partial charge in [0.15, 0.2) is 0 Å².